The molecule has 0 saturated carbocycles. The van der Waals surface area contributed by atoms with Crippen molar-refractivity contribution in [1.82, 2.24) is 5.32 Å². The lowest BCUT2D eigenvalue weighted by Crippen LogP contribution is -2.24. The maximum Gasteiger partial charge on any atom is 0.253 e. The first-order chi connectivity index (χ1) is 10.0. The second kappa shape index (κ2) is 6.58. The van der Waals surface area contributed by atoms with E-state index >= 15 is 0 Å². The van der Waals surface area contributed by atoms with Crippen LogP contribution < -0.4 is 15.8 Å². The van der Waals surface area contributed by atoms with E-state index in [4.69, 9.17) is 10.5 Å². The number of ether oxygens (including phenoxy) is 1. The number of amides is 1. The number of halogens is 2. The number of rotatable bonds is 4. The SMILES string of the molecule is COc1ccc(CNC(=O)c2cc(Br)c(F)cc2N)cc1. The van der Waals surface area contributed by atoms with E-state index < -0.39 is 5.82 Å². The van der Waals surface area contributed by atoms with Gasteiger partial charge in [-0.2, -0.15) is 0 Å². The zero-order valence-corrected chi connectivity index (χ0v) is 12.9. The molecular formula is C15H14BrFN2O2. The second-order valence-corrected chi connectivity index (χ2v) is 5.24. The topological polar surface area (TPSA) is 64.3 Å². The Balaban J connectivity index is 2.06. The van der Waals surface area contributed by atoms with Crippen LogP contribution in [0.15, 0.2) is 40.9 Å². The maximum absolute atomic E-state index is 13.3. The highest BCUT2D eigenvalue weighted by atomic mass is 79.9. The molecule has 0 radical (unpaired) electrons. The van der Waals surface area contributed by atoms with Crippen molar-refractivity contribution in [2.75, 3.05) is 12.8 Å². The van der Waals surface area contributed by atoms with Crippen LogP contribution >= 0.6 is 15.9 Å². The first kappa shape index (κ1) is 15.3. The number of benzene rings is 2. The highest BCUT2D eigenvalue weighted by Crippen LogP contribution is 2.22. The molecule has 1 amide bonds. The lowest BCUT2D eigenvalue weighted by molar-refractivity contribution is 0.0951. The van der Waals surface area contributed by atoms with E-state index in [-0.39, 0.29) is 21.6 Å². The van der Waals surface area contributed by atoms with Crippen molar-refractivity contribution >= 4 is 27.5 Å². The van der Waals surface area contributed by atoms with Gasteiger partial charge < -0.3 is 15.8 Å². The van der Waals surface area contributed by atoms with Gasteiger partial charge in [0.15, 0.2) is 0 Å². The molecule has 0 aliphatic heterocycles. The molecule has 0 bridgehead atoms. The number of nitrogens with one attached hydrogen (secondary N) is 1. The molecule has 4 nitrogen and oxygen atoms in total. The van der Waals surface area contributed by atoms with Crippen LogP contribution in [0.25, 0.3) is 0 Å². The van der Waals surface area contributed by atoms with Crippen LogP contribution in [0.1, 0.15) is 15.9 Å². The predicted octanol–water partition coefficient (Wildman–Crippen LogP) is 3.11. The van der Waals surface area contributed by atoms with Crippen LogP contribution in [-0.4, -0.2) is 13.0 Å². The maximum atomic E-state index is 13.3. The Morgan fingerprint density at radius 1 is 1.33 bits per heavy atom. The molecule has 0 fully saturated rings. The minimum Gasteiger partial charge on any atom is -0.497 e. The molecule has 0 heterocycles. The Bertz CT molecular complexity index is 659. The molecule has 0 atom stereocenters. The highest BCUT2D eigenvalue weighted by molar-refractivity contribution is 9.10. The Kier molecular flexibility index (Phi) is 4.80. The van der Waals surface area contributed by atoms with E-state index in [0.29, 0.717) is 6.54 Å². The second-order valence-electron chi connectivity index (χ2n) is 4.38. The minimum atomic E-state index is -0.501. The summed E-state index contributed by atoms with van der Waals surface area (Å²) in [5, 5.41) is 2.74. The fourth-order valence-corrected chi connectivity index (χ4v) is 2.12. The molecule has 110 valence electrons. The summed E-state index contributed by atoms with van der Waals surface area (Å²) in [7, 11) is 1.59. The van der Waals surface area contributed by atoms with Gasteiger partial charge in [-0.05, 0) is 45.8 Å². The van der Waals surface area contributed by atoms with Gasteiger partial charge in [0.1, 0.15) is 11.6 Å². The summed E-state index contributed by atoms with van der Waals surface area (Å²) in [6, 6.07) is 9.81. The molecule has 2 rings (SSSR count). The number of nitrogen functional groups attached to an aromatic ring is 1. The standard InChI is InChI=1S/C15H14BrFN2O2/c1-21-10-4-2-9(3-5-10)8-19-15(20)11-6-12(16)13(17)7-14(11)18/h2-7H,8,18H2,1H3,(H,19,20). The summed E-state index contributed by atoms with van der Waals surface area (Å²) in [4.78, 5) is 12.1. The van der Waals surface area contributed by atoms with Crippen LogP contribution in [0.2, 0.25) is 0 Å². The first-order valence-corrected chi connectivity index (χ1v) is 6.96. The highest BCUT2D eigenvalue weighted by Gasteiger charge is 2.13. The van der Waals surface area contributed by atoms with Crippen LogP contribution in [0.4, 0.5) is 10.1 Å². The van der Waals surface area contributed by atoms with Crippen LogP contribution in [0.3, 0.4) is 0 Å². The van der Waals surface area contributed by atoms with E-state index in [0.717, 1.165) is 17.4 Å². The fourth-order valence-electron chi connectivity index (χ4n) is 1.78. The summed E-state index contributed by atoms with van der Waals surface area (Å²) in [5.74, 6) is -0.111. The molecule has 0 aromatic heterocycles. The Hall–Kier alpha value is -2.08. The molecule has 0 spiro atoms. The van der Waals surface area contributed by atoms with Crippen LogP contribution in [0, 0.1) is 5.82 Å². The van der Waals surface area contributed by atoms with Crippen molar-refractivity contribution in [2.45, 2.75) is 6.54 Å². The number of methoxy groups -OCH3 is 1. The van der Waals surface area contributed by atoms with Gasteiger partial charge in [-0.1, -0.05) is 12.1 Å². The smallest absolute Gasteiger partial charge is 0.253 e. The molecule has 0 saturated heterocycles. The van der Waals surface area contributed by atoms with Gasteiger partial charge in [0, 0.05) is 12.2 Å². The van der Waals surface area contributed by atoms with Gasteiger partial charge in [-0.3, -0.25) is 4.79 Å². The average Bonchev–Trinajstić information content (AvgIpc) is 2.49. The molecule has 21 heavy (non-hydrogen) atoms. The van der Waals surface area contributed by atoms with Crippen molar-refractivity contribution in [3.05, 3.63) is 57.8 Å². The van der Waals surface area contributed by atoms with Crippen LogP contribution in [-0.2, 0) is 6.54 Å². The van der Waals surface area contributed by atoms with Crippen molar-refractivity contribution in [1.29, 1.82) is 0 Å². The normalized spacial score (nSPS) is 10.2. The van der Waals surface area contributed by atoms with Crippen molar-refractivity contribution in [3.63, 3.8) is 0 Å². The summed E-state index contributed by atoms with van der Waals surface area (Å²) in [6.07, 6.45) is 0. The molecule has 2 aromatic carbocycles. The number of anilines is 1. The fraction of sp³-hybridized carbons (Fsp3) is 0.133. The third-order valence-electron chi connectivity index (χ3n) is 2.95. The number of hydrogen-bond acceptors (Lipinski definition) is 3. The zero-order valence-electron chi connectivity index (χ0n) is 11.3. The largest absolute Gasteiger partial charge is 0.497 e. The summed E-state index contributed by atoms with van der Waals surface area (Å²) in [5.41, 5.74) is 6.91. The third-order valence-corrected chi connectivity index (χ3v) is 3.56. The molecule has 6 heteroatoms. The Morgan fingerprint density at radius 2 is 2.00 bits per heavy atom. The minimum absolute atomic E-state index is 0.0999. The molecule has 3 N–H and O–H groups in total. The van der Waals surface area contributed by atoms with E-state index in [2.05, 4.69) is 21.2 Å². The van der Waals surface area contributed by atoms with Gasteiger partial charge >= 0.3 is 0 Å². The zero-order chi connectivity index (χ0) is 15.4. The van der Waals surface area contributed by atoms with Gasteiger partial charge in [-0.15, -0.1) is 0 Å². The number of nitrogens with two attached hydrogens (primary N) is 1. The van der Waals surface area contributed by atoms with E-state index in [9.17, 15) is 9.18 Å². The van der Waals surface area contributed by atoms with Crippen LogP contribution in [0.5, 0.6) is 5.75 Å². The average molecular weight is 353 g/mol. The van der Waals surface area contributed by atoms with Gasteiger partial charge in [-0.25, -0.2) is 4.39 Å². The number of carbonyl (C=O) groups is 1. The molecule has 2 aromatic rings. The summed E-state index contributed by atoms with van der Waals surface area (Å²) in [6.45, 7) is 0.345. The molecule has 0 aliphatic carbocycles. The van der Waals surface area contributed by atoms with Gasteiger partial charge in [0.25, 0.3) is 5.91 Å². The van der Waals surface area contributed by atoms with Crippen molar-refractivity contribution in [2.24, 2.45) is 0 Å². The third kappa shape index (κ3) is 3.72. The number of hydrogen-bond donors (Lipinski definition) is 2. The van der Waals surface area contributed by atoms with Gasteiger partial charge in [0.05, 0.1) is 17.1 Å². The quantitative estimate of drug-likeness (QED) is 0.831. The Labute approximate surface area is 130 Å². The van der Waals surface area contributed by atoms with E-state index in [1.807, 2.05) is 24.3 Å². The van der Waals surface area contributed by atoms with Crippen molar-refractivity contribution in [3.8, 4) is 5.75 Å². The summed E-state index contributed by atoms with van der Waals surface area (Å²) < 4.78 is 18.5. The lowest BCUT2D eigenvalue weighted by Gasteiger charge is -2.09. The van der Waals surface area contributed by atoms with E-state index in [1.54, 1.807) is 7.11 Å². The monoisotopic (exact) mass is 352 g/mol. The van der Waals surface area contributed by atoms with Crippen molar-refractivity contribution < 1.29 is 13.9 Å². The predicted molar refractivity (Wildman–Crippen MR) is 82.7 cm³/mol. The summed E-state index contributed by atoms with van der Waals surface area (Å²) >= 11 is 3.04. The molecular weight excluding hydrogens is 339 g/mol. The first-order valence-electron chi connectivity index (χ1n) is 6.17. The van der Waals surface area contributed by atoms with E-state index in [1.165, 1.54) is 6.07 Å². The lowest BCUT2D eigenvalue weighted by atomic mass is 10.1. The molecule has 0 unspecified atom stereocenters. The van der Waals surface area contributed by atoms with Gasteiger partial charge in [0.2, 0.25) is 0 Å². The Morgan fingerprint density at radius 3 is 2.62 bits per heavy atom. The molecule has 0 aliphatic rings. The number of carbonyl (C=O) groups excluding carboxylic acids is 1.